The van der Waals surface area contributed by atoms with E-state index in [-0.39, 0.29) is 11.9 Å². The van der Waals surface area contributed by atoms with E-state index in [0.29, 0.717) is 17.8 Å². The standard InChI is InChI=1S/C16H24N4O/c1-3-6-20-14-8-12-9-18-16(10(2)21)19-13(12)7-11(14)4-5-15(20)17/h9,11,14-15H,3-8,17H2,1-2H3/t11-,14?,15+/m1/s1. The Morgan fingerprint density at radius 1 is 1.43 bits per heavy atom. The molecule has 1 saturated heterocycles. The topological polar surface area (TPSA) is 72.1 Å². The van der Waals surface area contributed by atoms with Gasteiger partial charge in [0.05, 0.1) is 6.17 Å². The number of rotatable bonds is 3. The first kappa shape index (κ1) is 14.6. The van der Waals surface area contributed by atoms with Crippen molar-refractivity contribution in [2.24, 2.45) is 11.7 Å². The van der Waals surface area contributed by atoms with E-state index in [4.69, 9.17) is 5.73 Å². The van der Waals surface area contributed by atoms with Crippen molar-refractivity contribution in [3.63, 3.8) is 0 Å². The fourth-order valence-electron chi connectivity index (χ4n) is 3.80. The summed E-state index contributed by atoms with van der Waals surface area (Å²) in [6.45, 7) is 4.79. The second-order valence-corrected chi connectivity index (χ2v) is 6.34. The van der Waals surface area contributed by atoms with Crippen LogP contribution in [0, 0.1) is 5.92 Å². The number of hydrogen-bond donors (Lipinski definition) is 1. The average molecular weight is 288 g/mol. The highest BCUT2D eigenvalue weighted by Crippen LogP contribution is 2.35. The molecule has 0 amide bonds. The van der Waals surface area contributed by atoms with Crippen LogP contribution in [0.2, 0.25) is 0 Å². The lowest BCUT2D eigenvalue weighted by Crippen LogP contribution is -2.57. The summed E-state index contributed by atoms with van der Waals surface area (Å²) in [5.74, 6) is 0.905. The Hall–Kier alpha value is -1.33. The fraction of sp³-hybridized carbons (Fsp3) is 0.688. The molecule has 21 heavy (non-hydrogen) atoms. The lowest BCUT2D eigenvalue weighted by atomic mass is 9.76. The van der Waals surface area contributed by atoms with Gasteiger partial charge in [0.25, 0.3) is 0 Å². The van der Waals surface area contributed by atoms with Crippen LogP contribution in [-0.2, 0) is 12.8 Å². The van der Waals surface area contributed by atoms with Crippen LogP contribution in [0.3, 0.4) is 0 Å². The molecule has 0 aromatic carbocycles. The first-order valence-corrected chi connectivity index (χ1v) is 7.97. The molecule has 1 aromatic heterocycles. The molecule has 1 aliphatic heterocycles. The maximum Gasteiger partial charge on any atom is 0.196 e. The normalized spacial score (nSPS) is 28.8. The molecule has 3 rings (SSSR count). The Labute approximate surface area is 125 Å². The summed E-state index contributed by atoms with van der Waals surface area (Å²) >= 11 is 0. The maximum absolute atomic E-state index is 11.4. The minimum Gasteiger partial charge on any atom is -0.316 e. The van der Waals surface area contributed by atoms with Crippen LogP contribution in [-0.4, -0.2) is 39.4 Å². The number of fused-ring (bicyclic) bond motifs is 2. The molecule has 1 aromatic rings. The van der Waals surface area contributed by atoms with Crippen molar-refractivity contribution < 1.29 is 4.79 Å². The van der Waals surface area contributed by atoms with Crippen molar-refractivity contribution in [3.8, 4) is 0 Å². The van der Waals surface area contributed by atoms with Gasteiger partial charge >= 0.3 is 0 Å². The molecule has 2 aliphatic rings. The maximum atomic E-state index is 11.4. The quantitative estimate of drug-likeness (QED) is 0.854. The molecule has 1 fully saturated rings. The number of ketones is 1. The number of hydrogen-bond acceptors (Lipinski definition) is 5. The fourth-order valence-corrected chi connectivity index (χ4v) is 3.80. The van der Waals surface area contributed by atoms with Crippen LogP contribution >= 0.6 is 0 Å². The Kier molecular flexibility index (Phi) is 4.04. The van der Waals surface area contributed by atoms with E-state index >= 15 is 0 Å². The van der Waals surface area contributed by atoms with Gasteiger partial charge in [0.15, 0.2) is 11.6 Å². The molecular formula is C16H24N4O. The van der Waals surface area contributed by atoms with Crippen LogP contribution in [0.15, 0.2) is 6.20 Å². The van der Waals surface area contributed by atoms with Crippen molar-refractivity contribution in [2.45, 2.75) is 58.2 Å². The number of Topliss-reactive ketones (excluding diaryl/α,β-unsaturated/α-hetero) is 1. The molecule has 114 valence electrons. The van der Waals surface area contributed by atoms with Crippen LogP contribution in [0.4, 0.5) is 0 Å². The van der Waals surface area contributed by atoms with E-state index in [1.165, 1.54) is 12.5 Å². The minimum absolute atomic E-state index is 0.0572. The summed E-state index contributed by atoms with van der Waals surface area (Å²) in [6, 6.07) is 0.507. The Morgan fingerprint density at radius 2 is 2.24 bits per heavy atom. The van der Waals surface area contributed by atoms with Crippen LogP contribution < -0.4 is 5.73 Å². The molecule has 0 spiro atoms. The van der Waals surface area contributed by atoms with E-state index in [1.54, 1.807) is 0 Å². The first-order valence-electron chi connectivity index (χ1n) is 7.97. The number of carbonyl (C=O) groups is 1. The van der Waals surface area contributed by atoms with Gasteiger partial charge in [-0.15, -0.1) is 0 Å². The van der Waals surface area contributed by atoms with Gasteiger partial charge in [-0.2, -0.15) is 0 Å². The van der Waals surface area contributed by atoms with Crippen molar-refractivity contribution >= 4 is 5.78 Å². The van der Waals surface area contributed by atoms with Gasteiger partial charge < -0.3 is 5.73 Å². The number of aromatic nitrogens is 2. The Bertz CT molecular complexity index is 545. The summed E-state index contributed by atoms with van der Waals surface area (Å²) in [7, 11) is 0. The molecule has 0 radical (unpaired) electrons. The van der Waals surface area contributed by atoms with Gasteiger partial charge in [-0.1, -0.05) is 6.92 Å². The lowest BCUT2D eigenvalue weighted by molar-refractivity contribution is 0.0354. The molecule has 0 bridgehead atoms. The SMILES string of the molecule is CCCN1C2Cc3cnc(C(C)=O)nc3C[C@H]2CC[C@H]1N. The van der Waals surface area contributed by atoms with Crippen molar-refractivity contribution in [2.75, 3.05) is 6.54 Å². The van der Waals surface area contributed by atoms with Crippen molar-refractivity contribution in [1.82, 2.24) is 14.9 Å². The lowest BCUT2D eigenvalue weighted by Gasteiger charge is -2.47. The van der Waals surface area contributed by atoms with Crippen LogP contribution in [0.25, 0.3) is 0 Å². The van der Waals surface area contributed by atoms with Gasteiger partial charge in [0.2, 0.25) is 0 Å². The third-order valence-electron chi connectivity index (χ3n) is 4.86. The molecule has 0 saturated carbocycles. The molecule has 2 N–H and O–H groups in total. The van der Waals surface area contributed by atoms with E-state index < -0.39 is 0 Å². The van der Waals surface area contributed by atoms with Gasteiger partial charge in [0, 0.05) is 24.9 Å². The van der Waals surface area contributed by atoms with Gasteiger partial charge in [-0.3, -0.25) is 9.69 Å². The Balaban J connectivity index is 1.88. The highest BCUT2D eigenvalue weighted by atomic mass is 16.1. The summed E-state index contributed by atoms with van der Waals surface area (Å²) in [5, 5.41) is 0. The number of nitrogens with two attached hydrogens (primary N) is 1. The number of piperidine rings is 1. The average Bonchev–Trinajstić information content (AvgIpc) is 2.48. The number of carbonyl (C=O) groups excluding carboxylic acids is 1. The zero-order valence-corrected chi connectivity index (χ0v) is 12.9. The largest absolute Gasteiger partial charge is 0.316 e. The third-order valence-corrected chi connectivity index (χ3v) is 4.86. The zero-order valence-electron chi connectivity index (χ0n) is 12.9. The van der Waals surface area contributed by atoms with Gasteiger partial charge in [0.1, 0.15) is 0 Å². The van der Waals surface area contributed by atoms with Crippen molar-refractivity contribution in [1.29, 1.82) is 0 Å². The molecule has 1 unspecified atom stereocenters. The third kappa shape index (κ3) is 2.72. The Morgan fingerprint density at radius 3 is 2.95 bits per heavy atom. The van der Waals surface area contributed by atoms with Crippen LogP contribution in [0.1, 0.15) is 55.0 Å². The summed E-state index contributed by atoms with van der Waals surface area (Å²) in [6.07, 6.45) is 7.29. The van der Waals surface area contributed by atoms with E-state index in [2.05, 4.69) is 21.8 Å². The minimum atomic E-state index is -0.0572. The van der Waals surface area contributed by atoms with E-state index in [1.807, 2.05) is 6.20 Å². The summed E-state index contributed by atoms with van der Waals surface area (Å²) < 4.78 is 0. The summed E-state index contributed by atoms with van der Waals surface area (Å²) in [5.41, 5.74) is 8.57. The van der Waals surface area contributed by atoms with E-state index in [0.717, 1.165) is 44.3 Å². The molecule has 3 atom stereocenters. The zero-order chi connectivity index (χ0) is 15.0. The highest BCUT2D eigenvalue weighted by molar-refractivity contribution is 5.90. The molecular weight excluding hydrogens is 264 g/mol. The monoisotopic (exact) mass is 288 g/mol. The summed E-state index contributed by atoms with van der Waals surface area (Å²) in [4.78, 5) is 22.6. The van der Waals surface area contributed by atoms with Crippen LogP contribution in [0.5, 0.6) is 0 Å². The molecule has 1 aliphatic carbocycles. The van der Waals surface area contributed by atoms with Gasteiger partial charge in [-0.25, -0.2) is 9.97 Å². The second-order valence-electron chi connectivity index (χ2n) is 6.34. The predicted octanol–water partition coefficient (Wildman–Crippen LogP) is 1.55. The van der Waals surface area contributed by atoms with E-state index in [9.17, 15) is 4.79 Å². The first-order chi connectivity index (χ1) is 10.1. The highest BCUT2D eigenvalue weighted by Gasteiger charge is 2.39. The molecule has 5 heteroatoms. The molecule has 2 heterocycles. The predicted molar refractivity (Wildman–Crippen MR) is 80.9 cm³/mol. The smallest absolute Gasteiger partial charge is 0.196 e. The second kappa shape index (κ2) is 5.81. The number of nitrogens with zero attached hydrogens (tertiary/aromatic N) is 3. The number of likely N-dealkylation sites (tertiary alicyclic amines) is 1. The van der Waals surface area contributed by atoms with Gasteiger partial charge in [-0.05, 0) is 50.1 Å². The molecule has 5 nitrogen and oxygen atoms in total. The van der Waals surface area contributed by atoms with Crippen molar-refractivity contribution in [3.05, 3.63) is 23.3 Å².